The first kappa shape index (κ1) is 16.1. The predicted molar refractivity (Wildman–Crippen MR) is 89.9 cm³/mol. The first-order chi connectivity index (χ1) is 9.08. The van der Waals surface area contributed by atoms with E-state index < -0.39 is 0 Å². The van der Waals surface area contributed by atoms with Crippen LogP contribution >= 0.6 is 44.1 Å². The number of methoxy groups -OCH3 is 1. The third kappa shape index (κ3) is 5.30. The van der Waals surface area contributed by atoms with Crippen LogP contribution < -0.4 is 15.5 Å². The second-order valence-corrected chi connectivity index (χ2v) is 5.50. The molecule has 0 saturated heterocycles. The maximum absolute atomic E-state index is 5.22. The fourth-order valence-corrected chi connectivity index (χ4v) is 2.90. The van der Waals surface area contributed by atoms with E-state index in [2.05, 4.69) is 54.3 Å². The van der Waals surface area contributed by atoms with Crippen molar-refractivity contribution in [2.45, 2.75) is 0 Å². The molecule has 102 valence electrons. The van der Waals surface area contributed by atoms with Gasteiger partial charge in [-0.3, -0.25) is 5.43 Å². The summed E-state index contributed by atoms with van der Waals surface area (Å²) >= 11 is 11.9. The summed E-state index contributed by atoms with van der Waals surface area (Å²) < 4.78 is 6.91. The zero-order chi connectivity index (χ0) is 14.3. The Bertz CT molecular complexity index is 483. The number of thiocarbonyl (C=S) groups is 1. The van der Waals surface area contributed by atoms with Gasteiger partial charge in [-0.1, -0.05) is 6.08 Å². The molecule has 4 nitrogen and oxygen atoms in total. The molecule has 0 amide bonds. The van der Waals surface area contributed by atoms with Crippen LogP contribution in [0.25, 0.3) is 0 Å². The van der Waals surface area contributed by atoms with Crippen LogP contribution in [0, 0.1) is 0 Å². The van der Waals surface area contributed by atoms with Crippen molar-refractivity contribution in [2.24, 2.45) is 5.10 Å². The van der Waals surface area contributed by atoms with Gasteiger partial charge in [-0.2, -0.15) is 5.10 Å². The van der Waals surface area contributed by atoms with Gasteiger partial charge in [0, 0.05) is 6.54 Å². The molecule has 0 unspecified atom stereocenters. The molecule has 0 atom stereocenters. The molecule has 0 spiro atoms. The second-order valence-electron chi connectivity index (χ2n) is 3.39. The van der Waals surface area contributed by atoms with Crippen LogP contribution in [0.15, 0.2) is 38.8 Å². The quantitative estimate of drug-likeness (QED) is 0.341. The molecule has 0 aliphatic carbocycles. The van der Waals surface area contributed by atoms with Crippen LogP contribution in [0.3, 0.4) is 0 Å². The summed E-state index contributed by atoms with van der Waals surface area (Å²) in [6.07, 6.45) is 3.38. The minimum Gasteiger partial charge on any atom is -0.494 e. The van der Waals surface area contributed by atoms with Crippen molar-refractivity contribution in [1.29, 1.82) is 0 Å². The van der Waals surface area contributed by atoms with Crippen LogP contribution in [-0.2, 0) is 0 Å². The zero-order valence-corrected chi connectivity index (χ0v) is 14.2. The number of hydrogen-bond acceptors (Lipinski definition) is 3. The summed E-state index contributed by atoms with van der Waals surface area (Å²) in [7, 11) is 1.61. The molecule has 0 saturated carbocycles. The standard InChI is InChI=1S/C12H13Br2N3OS/c1-3-4-15-12(19)17-16-7-8-5-9(13)11(18-2)10(14)6-8/h3,5-7H,1,4H2,2H3,(H2,15,17,19)/b16-7+. The average molecular weight is 407 g/mol. The average Bonchev–Trinajstić information content (AvgIpc) is 2.36. The van der Waals surface area contributed by atoms with Crippen molar-refractivity contribution in [3.63, 3.8) is 0 Å². The van der Waals surface area contributed by atoms with Crippen molar-refractivity contribution in [2.75, 3.05) is 13.7 Å². The Labute approximate surface area is 134 Å². The van der Waals surface area contributed by atoms with E-state index in [-0.39, 0.29) is 0 Å². The molecule has 1 aromatic carbocycles. The summed E-state index contributed by atoms with van der Waals surface area (Å²) in [5, 5.41) is 7.39. The molecule has 0 aliphatic heterocycles. The number of ether oxygens (including phenoxy) is 1. The van der Waals surface area contributed by atoms with Gasteiger partial charge in [0.2, 0.25) is 0 Å². The summed E-state index contributed by atoms with van der Waals surface area (Å²) in [4.78, 5) is 0. The third-order valence-corrected chi connectivity index (χ3v) is 3.43. The van der Waals surface area contributed by atoms with E-state index in [9.17, 15) is 0 Å². The van der Waals surface area contributed by atoms with E-state index in [1.807, 2.05) is 12.1 Å². The number of hydrazone groups is 1. The lowest BCUT2D eigenvalue weighted by Gasteiger charge is -2.07. The van der Waals surface area contributed by atoms with Crippen molar-refractivity contribution in [1.82, 2.24) is 10.7 Å². The highest BCUT2D eigenvalue weighted by Gasteiger charge is 2.06. The van der Waals surface area contributed by atoms with Gasteiger partial charge < -0.3 is 10.1 Å². The van der Waals surface area contributed by atoms with E-state index in [4.69, 9.17) is 17.0 Å². The minimum atomic E-state index is 0.447. The van der Waals surface area contributed by atoms with Crippen molar-refractivity contribution >= 4 is 55.4 Å². The van der Waals surface area contributed by atoms with Gasteiger partial charge in [0.15, 0.2) is 5.11 Å². The second kappa shape index (κ2) is 8.29. The van der Waals surface area contributed by atoms with Crippen molar-refractivity contribution in [3.05, 3.63) is 39.3 Å². The van der Waals surface area contributed by atoms with E-state index >= 15 is 0 Å². The fourth-order valence-electron chi connectivity index (χ4n) is 1.22. The molecule has 0 fully saturated rings. The number of nitrogens with one attached hydrogen (secondary N) is 2. The molecule has 0 aromatic heterocycles. The Morgan fingerprint density at radius 2 is 2.11 bits per heavy atom. The van der Waals surface area contributed by atoms with E-state index in [0.717, 1.165) is 20.3 Å². The molecule has 0 bridgehead atoms. The lowest BCUT2D eigenvalue weighted by molar-refractivity contribution is 0.409. The Morgan fingerprint density at radius 3 is 2.63 bits per heavy atom. The predicted octanol–water partition coefficient (Wildman–Crippen LogP) is 3.20. The largest absolute Gasteiger partial charge is 0.494 e. The highest BCUT2D eigenvalue weighted by molar-refractivity contribution is 9.11. The summed E-state index contributed by atoms with van der Waals surface area (Å²) in [5.74, 6) is 0.744. The Balaban J connectivity index is 2.67. The number of hydrogen-bond donors (Lipinski definition) is 2. The summed E-state index contributed by atoms with van der Waals surface area (Å²) in [5.41, 5.74) is 3.62. The molecular weight excluding hydrogens is 394 g/mol. The highest BCUT2D eigenvalue weighted by Crippen LogP contribution is 2.33. The molecule has 1 rings (SSSR count). The van der Waals surface area contributed by atoms with Gasteiger partial charge in [0.25, 0.3) is 0 Å². The summed E-state index contributed by atoms with van der Waals surface area (Å²) in [6, 6.07) is 3.80. The van der Waals surface area contributed by atoms with Crippen molar-refractivity contribution in [3.8, 4) is 5.75 Å². The van der Waals surface area contributed by atoms with Crippen LogP contribution in [0.2, 0.25) is 0 Å². The van der Waals surface area contributed by atoms with Crippen molar-refractivity contribution < 1.29 is 4.74 Å². The Hall–Kier alpha value is -0.920. The number of benzene rings is 1. The van der Waals surface area contributed by atoms with Gasteiger partial charge in [-0.25, -0.2) is 0 Å². The SMILES string of the molecule is C=CCNC(=S)N/N=C/c1cc(Br)c(OC)c(Br)c1. The van der Waals surface area contributed by atoms with Crippen LogP contribution in [0.5, 0.6) is 5.75 Å². The molecule has 0 radical (unpaired) electrons. The topological polar surface area (TPSA) is 45.7 Å². The zero-order valence-electron chi connectivity index (χ0n) is 10.2. The first-order valence-corrected chi connectivity index (χ1v) is 7.28. The highest BCUT2D eigenvalue weighted by atomic mass is 79.9. The fraction of sp³-hybridized carbons (Fsp3) is 0.167. The van der Waals surface area contributed by atoms with Gasteiger partial charge in [-0.15, -0.1) is 6.58 Å². The molecule has 19 heavy (non-hydrogen) atoms. The minimum absolute atomic E-state index is 0.447. The number of halogens is 2. The molecule has 7 heteroatoms. The van der Waals surface area contributed by atoms with E-state index in [1.54, 1.807) is 19.4 Å². The monoisotopic (exact) mass is 405 g/mol. The summed E-state index contributed by atoms with van der Waals surface area (Å²) in [6.45, 7) is 4.18. The smallest absolute Gasteiger partial charge is 0.187 e. The first-order valence-electron chi connectivity index (χ1n) is 5.29. The number of nitrogens with zero attached hydrogens (tertiary/aromatic N) is 1. The van der Waals surface area contributed by atoms with E-state index in [1.165, 1.54) is 0 Å². The molecular formula is C12H13Br2N3OS. The van der Waals surface area contributed by atoms with Gasteiger partial charge in [0.1, 0.15) is 5.75 Å². The molecule has 0 aliphatic rings. The van der Waals surface area contributed by atoms with Gasteiger partial charge in [0.05, 0.1) is 22.3 Å². The lowest BCUT2D eigenvalue weighted by Crippen LogP contribution is -2.31. The van der Waals surface area contributed by atoms with Gasteiger partial charge >= 0.3 is 0 Å². The van der Waals surface area contributed by atoms with Crippen LogP contribution in [0.1, 0.15) is 5.56 Å². The Morgan fingerprint density at radius 1 is 1.47 bits per heavy atom. The lowest BCUT2D eigenvalue weighted by atomic mass is 10.2. The molecule has 0 heterocycles. The normalized spacial score (nSPS) is 10.3. The van der Waals surface area contributed by atoms with Crippen LogP contribution in [0.4, 0.5) is 0 Å². The Kier molecular flexibility index (Phi) is 7.04. The maximum atomic E-state index is 5.22. The van der Waals surface area contributed by atoms with E-state index in [0.29, 0.717) is 11.7 Å². The van der Waals surface area contributed by atoms with Gasteiger partial charge in [-0.05, 0) is 61.8 Å². The maximum Gasteiger partial charge on any atom is 0.187 e. The number of rotatable bonds is 5. The third-order valence-electron chi connectivity index (χ3n) is 2.01. The molecule has 2 N–H and O–H groups in total. The molecule has 1 aromatic rings. The van der Waals surface area contributed by atoms with Crippen LogP contribution in [-0.4, -0.2) is 25.0 Å².